The zero-order valence-corrected chi connectivity index (χ0v) is 28.7. The first kappa shape index (κ1) is 41.4. The van der Waals surface area contributed by atoms with Crippen LogP contribution in [0.25, 0.3) is 0 Å². The van der Waals surface area contributed by atoms with E-state index in [2.05, 4.69) is 13.8 Å². The van der Waals surface area contributed by atoms with Gasteiger partial charge in [-0.25, -0.2) is 0 Å². The van der Waals surface area contributed by atoms with Gasteiger partial charge in [-0.15, -0.1) is 0 Å². The highest BCUT2D eigenvalue weighted by molar-refractivity contribution is 5.70. The third-order valence-corrected chi connectivity index (χ3v) is 8.16. The van der Waals surface area contributed by atoms with Gasteiger partial charge in [-0.3, -0.25) is 14.4 Å². The van der Waals surface area contributed by atoms with E-state index < -0.39 is 12.1 Å². The van der Waals surface area contributed by atoms with Gasteiger partial charge in [0.05, 0.1) is 0 Å². The third-order valence-electron chi connectivity index (χ3n) is 8.16. The molecule has 0 unspecified atom stereocenters. The van der Waals surface area contributed by atoms with E-state index in [0.29, 0.717) is 12.8 Å². The highest BCUT2D eigenvalue weighted by Gasteiger charge is 2.17. The molecule has 0 radical (unpaired) electrons. The third kappa shape index (κ3) is 33.1. The normalized spacial score (nSPS) is 11.2. The second-order valence-electron chi connectivity index (χ2n) is 12.6. The summed E-state index contributed by atoms with van der Waals surface area (Å²) in [6.07, 6.45) is 32.6. The van der Waals surface area contributed by atoms with Crippen molar-refractivity contribution in [3.63, 3.8) is 0 Å². The predicted molar refractivity (Wildman–Crippen MR) is 178 cm³/mol. The van der Waals surface area contributed by atoms with Gasteiger partial charge in [-0.2, -0.15) is 0 Å². The van der Waals surface area contributed by atoms with Crippen molar-refractivity contribution in [1.29, 1.82) is 0 Å². The molecule has 0 aromatic rings. The summed E-state index contributed by atoms with van der Waals surface area (Å²) in [4.78, 5) is 35.8. The number of carbonyl (C=O) groups is 3. The van der Waals surface area contributed by atoms with Crippen molar-refractivity contribution in [2.45, 2.75) is 207 Å². The summed E-state index contributed by atoms with van der Waals surface area (Å²) in [5.74, 6) is -1.07. The van der Waals surface area contributed by atoms with Crippen LogP contribution in [0.4, 0.5) is 0 Å². The minimum Gasteiger partial charge on any atom is -0.462 e. The van der Waals surface area contributed by atoms with Crippen molar-refractivity contribution in [2.24, 2.45) is 0 Å². The molecule has 0 N–H and O–H groups in total. The molecule has 43 heavy (non-hydrogen) atoms. The molecule has 0 aromatic carbocycles. The lowest BCUT2D eigenvalue weighted by Gasteiger charge is -2.17. The minimum absolute atomic E-state index is 0.0805. The molecule has 0 aromatic heterocycles. The smallest absolute Gasteiger partial charge is 0.305 e. The van der Waals surface area contributed by atoms with Crippen LogP contribution < -0.4 is 0 Å². The van der Waals surface area contributed by atoms with Gasteiger partial charge >= 0.3 is 17.9 Å². The summed E-state index contributed by atoms with van der Waals surface area (Å²) < 4.78 is 15.8. The quantitative estimate of drug-likeness (QED) is 0.0418. The Labute approximate surface area is 266 Å². The van der Waals surface area contributed by atoms with E-state index in [1.807, 2.05) is 0 Å². The molecular weight excluding hydrogens is 540 g/mol. The zero-order valence-electron chi connectivity index (χ0n) is 28.7. The Balaban J connectivity index is 3.73. The number of unbranched alkanes of at least 4 members (excludes halogenated alkanes) is 24. The van der Waals surface area contributed by atoms with Crippen LogP contribution >= 0.6 is 0 Å². The topological polar surface area (TPSA) is 78.9 Å². The summed E-state index contributed by atoms with van der Waals surface area (Å²) in [6, 6.07) is 0. The van der Waals surface area contributed by atoms with E-state index in [1.54, 1.807) is 0 Å². The average molecular weight is 611 g/mol. The lowest BCUT2D eigenvalue weighted by atomic mass is 10.0. The van der Waals surface area contributed by atoms with Gasteiger partial charge < -0.3 is 14.2 Å². The number of rotatable bonds is 33. The molecule has 0 rings (SSSR count). The Morgan fingerprint density at radius 3 is 0.930 bits per heavy atom. The van der Waals surface area contributed by atoms with E-state index in [0.717, 1.165) is 38.5 Å². The number of hydrogen-bond acceptors (Lipinski definition) is 6. The maximum atomic E-state index is 12.2. The molecule has 0 saturated carbocycles. The lowest BCUT2D eigenvalue weighted by molar-refractivity contribution is -0.165. The second kappa shape index (κ2) is 33.3. The van der Waals surface area contributed by atoms with Gasteiger partial charge in [0.25, 0.3) is 0 Å². The molecule has 0 heterocycles. The molecular formula is C37H70O6. The zero-order chi connectivity index (χ0) is 31.6. The summed E-state index contributed by atoms with van der Waals surface area (Å²) in [5, 5.41) is 0. The van der Waals surface area contributed by atoms with Crippen molar-refractivity contribution < 1.29 is 28.6 Å². The Bertz CT molecular complexity index is 589. The van der Waals surface area contributed by atoms with Crippen LogP contribution in [0.3, 0.4) is 0 Å². The van der Waals surface area contributed by atoms with E-state index in [9.17, 15) is 14.4 Å². The molecule has 0 aliphatic heterocycles. The largest absolute Gasteiger partial charge is 0.462 e. The van der Waals surface area contributed by atoms with Gasteiger partial charge in [0.2, 0.25) is 0 Å². The van der Waals surface area contributed by atoms with Crippen molar-refractivity contribution in [3.8, 4) is 0 Å². The van der Waals surface area contributed by atoms with Crippen LogP contribution in [0.5, 0.6) is 0 Å². The maximum absolute atomic E-state index is 12.2. The fourth-order valence-electron chi connectivity index (χ4n) is 5.44. The fourth-order valence-corrected chi connectivity index (χ4v) is 5.44. The summed E-state index contributed by atoms with van der Waals surface area (Å²) in [5.41, 5.74) is 0. The van der Waals surface area contributed by atoms with E-state index in [1.165, 1.54) is 135 Å². The van der Waals surface area contributed by atoms with Gasteiger partial charge in [0, 0.05) is 19.8 Å². The molecule has 254 valence electrons. The summed E-state index contributed by atoms with van der Waals surface area (Å²) in [7, 11) is 0. The number of carbonyl (C=O) groups excluding carboxylic acids is 3. The molecule has 0 aliphatic rings. The van der Waals surface area contributed by atoms with Crippen molar-refractivity contribution in [1.82, 2.24) is 0 Å². The first-order valence-electron chi connectivity index (χ1n) is 18.5. The molecule has 0 saturated heterocycles. The molecule has 6 nitrogen and oxygen atoms in total. The molecule has 0 spiro atoms. The van der Waals surface area contributed by atoms with E-state index >= 15 is 0 Å². The standard InChI is InChI=1S/C37H70O6/c1-4-6-8-10-12-14-16-18-20-22-24-26-28-30-36(39)41-32-35(43-34(3)38)33-42-37(40)31-29-27-25-23-21-19-17-15-13-11-9-7-5-2/h35H,4-33H2,1-3H3. The lowest BCUT2D eigenvalue weighted by Crippen LogP contribution is -2.30. The monoisotopic (exact) mass is 611 g/mol. The maximum Gasteiger partial charge on any atom is 0.305 e. The van der Waals surface area contributed by atoms with Crippen LogP contribution in [0, 0.1) is 0 Å². The fraction of sp³-hybridized carbons (Fsp3) is 0.919. The Morgan fingerprint density at radius 1 is 0.419 bits per heavy atom. The SMILES string of the molecule is CCCCCCCCCCCCCCCC(=O)OCC(COC(=O)CCCCCCCCCCCCCCC)OC(C)=O. The van der Waals surface area contributed by atoms with Crippen molar-refractivity contribution in [2.75, 3.05) is 13.2 Å². The second-order valence-corrected chi connectivity index (χ2v) is 12.6. The molecule has 0 aliphatic carbocycles. The van der Waals surface area contributed by atoms with Crippen LogP contribution in [-0.2, 0) is 28.6 Å². The highest BCUT2D eigenvalue weighted by atomic mass is 16.6. The Morgan fingerprint density at radius 2 is 0.674 bits per heavy atom. The number of ether oxygens (including phenoxy) is 3. The Kier molecular flexibility index (Phi) is 32.1. The number of esters is 3. The molecule has 0 fully saturated rings. The molecule has 0 amide bonds. The van der Waals surface area contributed by atoms with Gasteiger partial charge in [0.1, 0.15) is 13.2 Å². The molecule has 0 atom stereocenters. The summed E-state index contributed by atoms with van der Waals surface area (Å²) >= 11 is 0. The predicted octanol–water partition coefficient (Wildman–Crippen LogP) is 11.0. The van der Waals surface area contributed by atoms with Crippen LogP contribution in [0.1, 0.15) is 201 Å². The minimum atomic E-state index is -0.760. The van der Waals surface area contributed by atoms with Gasteiger partial charge in [0.15, 0.2) is 6.10 Å². The Hall–Kier alpha value is -1.59. The van der Waals surface area contributed by atoms with E-state index in [-0.39, 0.29) is 25.2 Å². The van der Waals surface area contributed by atoms with Gasteiger partial charge in [-0.1, -0.05) is 168 Å². The van der Waals surface area contributed by atoms with Crippen LogP contribution in [0.15, 0.2) is 0 Å². The first-order valence-corrected chi connectivity index (χ1v) is 18.5. The molecule has 0 bridgehead atoms. The first-order chi connectivity index (χ1) is 21.0. The van der Waals surface area contributed by atoms with Gasteiger partial charge in [-0.05, 0) is 12.8 Å². The number of hydrogen-bond donors (Lipinski definition) is 0. The van der Waals surface area contributed by atoms with Crippen LogP contribution in [0.2, 0.25) is 0 Å². The molecule has 6 heteroatoms. The van der Waals surface area contributed by atoms with E-state index in [4.69, 9.17) is 14.2 Å². The van der Waals surface area contributed by atoms with Crippen molar-refractivity contribution >= 4 is 17.9 Å². The summed E-state index contributed by atoms with van der Waals surface area (Å²) in [6.45, 7) is 5.66. The average Bonchev–Trinajstić information content (AvgIpc) is 2.99. The van der Waals surface area contributed by atoms with Crippen molar-refractivity contribution in [3.05, 3.63) is 0 Å². The van der Waals surface area contributed by atoms with Crippen LogP contribution in [-0.4, -0.2) is 37.2 Å². The highest BCUT2D eigenvalue weighted by Crippen LogP contribution is 2.15.